The highest BCUT2D eigenvalue weighted by Crippen LogP contribution is 2.39. The predicted molar refractivity (Wildman–Crippen MR) is 53.5 cm³/mol. The summed E-state index contributed by atoms with van der Waals surface area (Å²) < 4.78 is 102. The molecule has 0 atom stereocenters. The van der Waals surface area contributed by atoms with E-state index < -0.39 is 47.0 Å². The molecule has 0 spiro atoms. The van der Waals surface area contributed by atoms with Gasteiger partial charge in [0.25, 0.3) is 6.43 Å². The Hall–Kier alpha value is -1.13. The number of halogens is 9. The lowest BCUT2D eigenvalue weighted by molar-refractivity contribution is -0.275. The van der Waals surface area contributed by atoms with E-state index in [-0.39, 0.29) is 6.07 Å². The van der Waals surface area contributed by atoms with Crippen LogP contribution in [-0.4, -0.2) is 11.3 Å². The van der Waals surface area contributed by atoms with Crippen LogP contribution in [0, 0.1) is 0 Å². The van der Waals surface area contributed by atoms with Crippen LogP contribution in [0.25, 0.3) is 0 Å². The molecule has 0 aromatic carbocycles. The number of nitrogens with zero attached hydrogens (tertiary/aromatic N) is 1. The molecule has 0 N–H and O–H groups in total. The number of aromatic nitrogens is 1. The van der Waals surface area contributed by atoms with Crippen LogP contribution in [-0.2, 0) is 11.5 Å². The van der Waals surface area contributed by atoms with Gasteiger partial charge in [-0.1, -0.05) is 15.9 Å². The van der Waals surface area contributed by atoms with Crippen molar-refractivity contribution in [2.24, 2.45) is 0 Å². The minimum absolute atomic E-state index is 0.140. The van der Waals surface area contributed by atoms with Crippen molar-refractivity contribution in [1.82, 2.24) is 4.98 Å². The summed E-state index contributed by atoms with van der Waals surface area (Å²) in [4.78, 5) is 2.90. The second-order valence-corrected chi connectivity index (χ2v) is 3.91. The van der Waals surface area contributed by atoms with Crippen LogP contribution < -0.4 is 4.74 Å². The summed E-state index contributed by atoms with van der Waals surface area (Å²) >= 11 is 2.60. The van der Waals surface area contributed by atoms with E-state index in [0.717, 1.165) is 0 Å². The third-order valence-corrected chi connectivity index (χ3v) is 2.49. The zero-order valence-electron chi connectivity index (χ0n) is 9.12. The average molecular weight is 374 g/mol. The molecule has 2 nitrogen and oxygen atoms in total. The quantitative estimate of drug-likeness (QED) is 0.559. The lowest BCUT2D eigenvalue weighted by Crippen LogP contribution is -2.20. The number of hydrogen-bond donors (Lipinski definition) is 0. The molecule has 0 amide bonds. The van der Waals surface area contributed by atoms with Crippen molar-refractivity contribution < 1.29 is 39.9 Å². The van der Waals surface area contributed by atoms with Crippen molar-refractivity contribution in [3.05, 3.63) is 23.0 Å². The van der Waals surface area contributed by atoms with E-state index in [4.69, 9.17) is 0 Å². The van der Waals surface area contributed by atoms with Crippen LogP contribution in [0.5, 0.6) is 5.75 Å². The van der Waals surface area contributed by atoms with Gasteiger partial charge in [0.15, 0.2) is 5.75 Å². The first-order valence-corrected chi connectivity index (χ1v) is 5.78. The molecule has 0 fully saturated rings. The van der Waals surface area contributed by atoms with Crippen LogP contribution >= 0.6 is 15.9 Å². The van der Waals surface area contributed by atoms with E-state index in [1.165, 1.54) is 0 Å². The van der Waals surface area contributed by atoms with Crippen molar-refractivity contribution in [3.8, 4) is 5.75 Å². The molecule has 1 aromatic heterocycles. The Bertz CT molecular complexity index is 484. The molecule has 0 unspecified atom stereocenters. The Kier molecular flexibility index (Phi) is 4.82. The molecular formula is C9H4BrF8NO. The molecule has 0 aliphatic rings. The van der Waals surface area contributed by atoms with Crippen molar-refractivity contribution in [2.75, 3.05) is 0 Å². The molecule has 20 heavy (non-hydrogen) atoms. The fraction of sp³-hybridized carbons (Fsp3) is 0.444. The summed E-state index contributed by atoms with van der Waals surface area (Å²) in [5.74, 6) is -1.68. The zero-order chi connectivity index (χ0) is 15.7. The second-order valence-electron chi connectivity index (χ2n) is 3.35. The van der Waals surface area contributed by atoms with E-state index in [0.29, 0.717) is 0 Å². The van der Waals surface area contributed by atoms with Crippen molar-refractivity contribution >= 4 is 15.9 Å². The predicted octanol–water partition coefficient (Wildman–Crippen LogP) is 4.83. The number of alkyl halides is 9. The van der Waals surface area contributed by atoms with Gasteiger partial charge in [-0.3, -0.25) is 0 Å². The third-order valence-electron chi connectivity index (χ3n) is 1.96. The maximum Gasteiger partial charge on any atom is 0.573 e. The van der Waals surface area contributed by atoms with E-state index in [1.54, 1.807) is 0 Å². The smallest absolute Gasteiger partial charge is 0.404 e. The Balaban J connectivity index is 3.47. The molecule has 0 aliphatic carbocycles. The van der Waals surface area contributed by atoms with Crippen LogP contribution in [0.1, 0.15) is 23.4 Å². The lowest BCUT2D eigenvalue weighted by atomic mass is 10.1. The van der Waals surface area contributed by atoms with Crippen LogP contribution in [0.15, 0.2) is 6.07 Å². The molecular weight excluding hydrogens is 370 g/mol. The molecule has 1 heterocycles. The van der Waals surface area contributed by atoms with Gasteiger partial charge in [0, 0.05) is 5.33 Å². The topological polar surface area (TPSA) is 22.1 Å². The Morgan fingerprint density at radius 1 is 1.15 bits per heavy atom. The van der Waals surface area contributed by atoms with Crippen molar-refractivity contribution in [3.63, 3.8) is 0 Å². The van der Waals surface area contributed by atoms with Gasteiger partial charge in [0.1, 0.15) is 5.69 Å². The minimum Gasteiger partial charge on any atom is -0.404 e. The average Bonchev–Trinajstić information content (AvgIpc) is 2.24. The van der Waals surface area contributed by atoms with Gasteiger partial charge in [-0.15, -0.1) is 13.2 Å². The summed E-state index contributed by atoms with van der Waals surface area (Å²) in [6, 6.07) is -0.140. The zero-order valence-corrected chi connectivity index (χ0v) is 10.7. The molecule has 0 saturated carbocycles. The molecule has 1 rings (SSSR count). The SMILES string of the molecule is FC(F)c1nc(CBr)c(C(F)(F)F)cc1OC(F)(F)F. The molecule has 0 bridgehead atoms. The molecule has 114 valence electrons. The van der Waals surface area contributed by atoms with Crippen LogP contribution in [0.4, 0.5) is 35.1 Å². The summed E-state index contributed by atoms with van der Waals surface area (Å²) in [5.41, 5.74) is -3.95. The van der Waals surface area contributed by atoms with Gasteiger partial charge < -0.3 is 4.74 Å². The Morgan fingerprint density at radius 3 is 2.05 bits per heavy atom. The summed E-state index contributed by atoms with van der Waals surface area (Å²) in [6.45, 7) is 0. The van der Waals surface area contributed by atoms with Crippen molar-refractivity contribution in [1.29, 1.82) is 0 Å². The minimum atomic E-state index is -5.41. The maximum absolute atomic E-state index is 12.6. The Morgan fingerprint density at radius 2 is 1.70 bits per heavy atom. The molecule has 1 aromatic rings. The molecule has 0 radical (unpaired) electrons. The maximum atomic E-state index is 12.6. The summed E-state index contributed by atoms with van der Waals surface area (Å²) in [5, 5.41) is -0.562. The van der Waals surface area contributed by atoms with Gasteiger partial charge in [-0.2, -0.15) is 13.2 Å². The number of rotatable bonds is 3. The first kappa shape index (κ1) is 16.9. The van der Waals surface area contributed by atoms with Gasteiger partial charge in [0.05, 0.1) is 11.3 Å². The largest absolute Gasteiger partial charge is 0.573 e. The van der Waals surface area contributed by atoms with Crippen molar-refractivity contribution in [2.45, 2.75) is 24.3 Å². The number of ether oxygens (including phenoxy) is 1. The summed E-state index contributed by atoms with van der Waals surface area (Å²) in [6.07, 6.45) is -14.0. The second kappa shape index (κ2) is 5.70. The lowest BCUT2D eigenvalue weighted by Gasteiger charge is -2.17. The first-order chi connectivity index (χ1) is 8.95. The highest BCUT2D eigenvalue weighted by atomic mass is 79.9. The molecule has 0 saturated heterocycles. The monoisotopic (exact) mass is 373 g/mol. The van der Waals surface area contributed by atoms with E-state index in [1.807, 2.05) is 0 Å². The van der Waals surface area contributed by atoms with E-state index >= 15 is 0 Å². The highest BCUT2D eigenvalue weighted by Gasteiger charge is 2.39. The van der Waals surface area contributed by atoms with Gasteiger partial charge in [0.2, 0.25) is 0 Å². The fourth-order valence-electron chi connectivity index (χ4n) is 1.26. The van der Waals surface area contributed by atoms with Gasteiger partial charge in [-0.05, 0) is 6.07 Å². The van der Waals surface area contributed by atoms with E-state index in [2.05, 4.69) is 25.7 Å². The molecule has 11 heteroatoms. The fourth-order valence-corrected chi connectivity index (χ4v) is 1.69. The normalized spacial score (nSPS) is 12.9. The first-order valence-electron chi connectivity index (χ1n) is 4.66. The van der Waals surface area contributed by atoms with Crippen LogP contribution in [0.3, 0.4) is 0 Å². The number of pyridine rings is 1. The van der Waals surface area contributed by atoms with E-state index in [9.17, 15) is 35.1 Å². The standard InChI is InChI=1S/C9H4BrF8NO/c10-2-4-3(8(13,14)15)1-5(20-9(16,17)18)6(19-4)7(11)12/h1,7H,2H2. The molecule has 0 aliphatic heterocycles. The third kappa shape index (κ3) is 4.18. The van der Waals surface area contributed by atoms with Gasteiger partial charge >= 0.3 is 12.5 Å². The Labute approximate surface area is 114 Å². The van der Waals surface area contributed by atoms with Gasteiger partial charge in [-0.25, -0.2) is 13.8 Å². The summed E-state index contributed by atoms with van der Waals surface area (Å²) in [7, 11) is 0. The highest BCUT2D eigenvalue weighted by molar-refractivity contribution is 9.08. The van der Waals surface area contributed by atoms with Crippen LogP contribution in [0.2, 0.25) is 0 Å². The number of hydrogen-bond acceptors (Lipinski definition) is 2.